The summed E-state index contributed by atoms with van der Waals surface area (Å²) in [6.07, 6.45) is 5.05. The highest BCUT2D eigenvalue weighted by molar-refractivity contribution is 5.77. The van der Waals surface area contributed by atoms with Gasteiger partial charge in [-0.2, -0.15) is 0 Å². The Morgan fingerprint density at radius 3 is 2.38 bits per heavy atom. The normalized spacial score (nSPS) is 16.1. The fourth-order valence-corrected chi connectivity index (χ4v) is 3.94. The minimum Gasteiger partial charge on any atom is -0.483 e. The molecule has 156 valence electrons. The van der Waals surface area contributed by atoms with Gasteiger partial charge < -0.3 is 10.1 Å². The Labute approximate surface area is 175 Å². The molecule has 1 aliphatic rings. The monoisotopic (exact) mass is 394 g/mol. The van der Waals surface area contributed by atoms with E-state index in [-0.39, 0.29) is 18.6 Å². The summed E-state index contributed by atoms with van der Waals surface area (Å²) in [5.74, 6) is 0.709. The van der Waals surface area contributed by atoms with Crippen LogP contribution in [-0.4, -0.2) is 37.0 Å². The number of carbonyl (C=O) groups excluding carboxylic acids is 1. The molecular weight excluding hydrogens is 360 g/mol. The topological polar surface area (TPSA) is 41.6 Å². The Kier molecular flexibility index (Phi) is 7.70. The van der Waals surface area contributed by atoms with Crippen molar-refractivity contribution >= 4 is 5.91 Å². The minimum absolute atomic E-state index is 0.0465. The van der Waals surface area contributed by atoms with Gasteiger partial charge in [0.25, 0.3) is 5.91 Å². The zero-order valence-electron chi connectivity index (χ0n) is 18.0. The Morgan fingerprint density at radius 2 is 1.69 bits per heavy atom. The molecule has 0 radical (unpaired) electrons. The van der Waals surface area contributed by atoms with Gasteiger partial charge >= 0.3 is 0 Å². The van der Waals surface area contributed by atoms with Crippen LogP contribution in [0.25, 0.3) is 0 Å². The molecule has 2 aromatic rings. The predicted molar refractivity (Wildman–Crippen MR) is 118 cm³/mol. The zero-order valence-corrected chi connectivity index (χ0v) is 18.0. The molecule has 1 atom stereocenters. The van der Waals surface area contributed by atoms with Crippen LogP contribution in [0.4, 0.5) is 0 Å². The number of nitrogens with zero attached hydrogens (tertiary/aromatic N) is 1. The first kappa shape index (κ1) is 21.4. The average Bonchev–Trinajstić information content (AvgIpc) is 3.00. The summed E-state index contributed by atoms with van der Waals surface area (Å²) in [6, 6.07) is 14.9. The zero-order chi connectivity index (χ0) is 20.6. The van der Waals surface area contributed by atoms with Gasteiger partial charge in [0.1, 0.15) is 5.75 Å². The molecule has 29 heavy (non-hydrogen) atoms. The Hall–Kier alpha value is -2.33. The van der Waals surface area contributed by atoms with E-state index >= 15 is 0 Å². The smallest absolute Gasteiger partial charge is 0.258 e. The molecule has 4 nitrogen and oxygen atoms in total. The van der Waals surface area contributed by atoms with E-state index in [0.717, 1.165) is 24.4 Å². The van der Waals surface area contributed by atoms with E-state index in [9.17, 15) is 4.79 Å². The van der Waals surface area contributed by atoms with Crippen molar-refractivity contribution in [2.24, 2.45) is 0 Å². The fourth-order valence-electron chi connectivity index (χ4n) is 3.94. The molecule has 2 aromatic carbocycles. The van der Waals surface area contributed by atoms with Crippen LogP contribution in [0.1, 0.15) is 54.0 Å². The van der Waals surface area contributed by atoms with Crippen LogP contribution in [-0.2, 0) is 4.79 Å². The summed E-state index contributed by atoms with van der Waals surface area (Å²) in [6.45, 7) is 9.02. The summed E-state index contributed by atoms with van der Waals surface area (Å²) >= 11 is 0. The van der Waals surface area contributed by atoms with E-state index in [1.54, 1.807) is 0 Å². The van der Waals surface area contributed by atoms with E-state index < -0.39 is 0 Å². The number of rotatable bonds is 7. The third kappa shape index (κ3) is 6.07. The van der Waals surface area contributed by atoms with Gasteiger partial charge in [-0.3, -0.25) is 9.69 Å². The summed E-state index contributed by atoms with van der Waals surface area (Å²) in [5.41, 5.74) is 4.79. The Morgan fingerprint density at radius 1 is 1.00 bits per heavy atom. The maximum Gasteiger partial charge on any atom is 0.258 e. The lowest BCUT2D eigenvalue weighted by Crippen LogP contribution is -2.40. The summed E-state index contributed by atoms with van der Waals surface area (Å²) in [7, 11) is 0. The molecular formula is C25H34N2O2. The van der Waals surface area contributed by atoms with Gasteiger partial charge in [0, 0.05) is 6.54 Å². The maximum absolute atomic E-state index is 12.5. The van der Waals surface area contributed by atoms with Crippen LogP contribution >= 0.6 is 0 Å². The van der Waals surface area contributed by atoms with Crippen LogP contribution in [0.2, 0.25) is 0 Å². The van der Waals surface area contributed by atoms with E-state index in [1.807, 2.05) is 19.1 Å². The number of benzene rings is 2. The molecule has 1 saturated heterocycles. The number of carbonyl (C=O) groups is 1. The summed E-state index contributed by atoms with van der Waals surface area (Å²) in [5, 5.41) is 3.11. The second-order valence-electron chi connectivity index (χ2n) is 8.17. The fraction of sp³-hybridized carbons (Fsp3) is 0.480. The summed E-state index contributed by atoms with van der Waals surface area (Å²) in [4.78, 5) is 15.0. The Bertz CT molecular complexity index is 793. The predicted octanol–water partition coefficient (Wildman–Crippen LogP) is 4.72. The van der Waals surface area contributed by atoms with Crippen LogP contribution in [0.3, 0.4) is 0 Å². The number of amides is 1. The van der Waals surface area contributed by atoms with Gasteiger partial charge in [-0.05, 0) is 69.5 Å². The molecule has 0 bridgehead atoms. The highest BCUT2D eigenvalue weighted by Gasteiger charge is 2.22. The highest BCUT2D eigenvalue weighted by atomic mass is 16.5. The third-order valence-corrected chi connectivity index (χ3v) is 5.95. The van der Waals surface area contributed by atoms with Crippen molar-refractivity contribution in [3.8, 4) is 5.75 Å². The van der Waals surface area contributed by atoms with Gasteiger partial charge in [-0.25, -0.2) is 0 Å². The lowest BCUT2D eigenvalue weighted by atomic mass is 10.0. The SMILES string of the molecule is Cc1ccc([C@@H](CNC(=O)COc2cccc(C)c2C)N2CCCCCC2)cc1. The number of hydrogen-bond donors (Lipinski definition) is 1. The molecule has 4 heteroatoms. The molecule has 0 aromatic heterocycles. The molecule has 1 heterocycles. The summed E-state index contributed by atoms with van der Waals surface area (Å²) < 4.78 is 5.77. The van der Waals surface area contributed by atoms with Crippen LogP contribution in [0.15, 0.2) is 42.5 Å². The maximum atomic E-state index is 12.5. The van der Waals surface area contributed by atoms with E-state index in [0.29, 0.717) is 6.54 Å². The number of aryl methyl sites for hydroxylation is 2. The molecule has 1 amide bonds. The molecule has 1 fully saturated rings. The van der Waals surface area contributed by atoms with Gasteiger partial charge in [0.15, 0.2) is 6.61 Å². The third-order valence-electron chi connectivity index (χ3n) is 5.95. The van der Waals surface area contributed by atoms with E-state index in [1.165, 1.54) is 42.4 Å². The van der Waals surface area contributed by atoms with Crippen molar-refractivity contribution in [3.05, 3.63) is 64.7 Å². The minimum atomic E-state index is -0.0714. The Balaban J connectivity index is 1.61. The molecule has 0 aliphatic carbocycles. The lowest BCUT2D eigenvalue weighted by molar-refractivity contribution is -0.123. The quantitative estimate of drug-likeness (QED) is 0.738. The standard InChI is InChI=1S/C25H34N2O2/c1-19-11-13-22(14-12-19)23(27-15-6-4-5-7-16-27)17-26-25(28)18-29-24-10-8-9-20(2)21(24)3/h8-14,23H,4-7,15-18H2,1-3H3,(H,26,28)/t23-/m1/s1. The number of nitrogens with one attached hydrogen (secondary N) is 1. The number of ether oxygens (including phenoxy) is 1. The van der Waals surface area contributed by atoms with Crippen LogP contribution in [0.5, 0.6) is 5.75 Å². The molecule has 0 spiro atoms. The van der Waals surface area contributed by atoms with Crippen LogP contribution < -0.4 is 10.1 Å². The first-order valence-corrected chi connectivity index (χ1v) is 10.8. The van der Waals surface area contributed by atoms with Gasteiger partial charge in [-0.15, -0.1) is 0 Å². The first-order valence-electron chi connectivity index (χ1n) is 10.8. The van der Waals surface area contributed by atoms with Crippen molar-refractivity contribution in [1.82, 2.24) is 10.2 Å². The van der Waals surface area contributed by atoms with Gasteiger partial charge in [0.2, 0.25) is 0 Å². The largest absolute Gasteiger partial charge is 0.483 e. The van der Waals surface area contributed by atoms with Gasteiger partial charge in [-0.1, -0.05) is 54.8 Å². The van der Waals surface area contributed by atoms with E-state index in [4.69, 9.17) is 4.74 Å². The second kappa shape index (κ2) is 10.4. The molecule has 1 N–H and O–H groups in total. The number of likely N-dealkylation sites (tertiary alicyclic amines) is 1. The molecule has 3 rings (SSSR count). The first-order chi connectivity index (χ1) is 14.0. The second-order valence-corrected chi connectivity index (χ2v) is 8.17. The lowest BCUT2D eigenvalue weighted by Gasteiger charge is -2.31. The number of hydrogen-bond acceptors (Lipinski definition) is 3. The molecule has 1 aliphatic heterocycles. The van der Waals surface area contributed by atoms with Crippen molar-refractivity contribution < 1.29 is 9.53 Å². The van der Waals surface area contributed by atoms with Crippen molar-refractivity contribution in [2.45, 2.75) is 52.5 Å². The van der Waals surface area contributed by atoms with Crippen molar-refractivity contribution in [2.75, 3.05) is 26.2 Å². The molecule has 0 saturated carbocycles. The highest BCUT2D eigenvalue weighted by Crippen LogP contribution is 2.24. The average molecular weight is 395 g/mol. The molecule has 0 unspecified atom stereocenters. The van der Waals surface area contributed by atoms with Crippen molar-refractivity contribution in [3.63, 3.8) is 0 Å². The van der Waals surface area contributed by atoms with Gasteiger partial charge in [0.05, 0.1) is 6.04 Å². The van der Waals surface area contributed by atoms with E-state index in [2.05, 4.69) is 54.4 Å². The van der Waals surface area contributed by atoms with Crippen LogP contribution in [0, 0.1) is 20.8 Å². The van der Waals surface area contributed by atoms with Crippen molar-refractivity contribution in [1.29, 1.82) is 0 Å².